The van der Waals surface area contributed by atoms with Crippen LogP contribution in [0.2, 0.25) is 0 Å². The maximum atomic E-state index is 13.5. The number of aromatic nitrogens is 5. The summed E-state index contributed by atoms with van der Waals surface area (Å²) >= 11 is 1.46. The van der Waals surface area contributed by atoms with Gasteiger partial charge >= 0.3 is 0 Å². The lowest BCUT2D eigenvalue weighted by Gasteiger charge is -2.04. The highest BCUT2D eigenvalue weighted by Crippen LogP contribution is 2.29. The summed E-state index contributed by atoms with van der Waals surface area (Å²) in [5, 5.41) is 10.1. The summed E-state index contributed by atoms with van der Waals surface area (Å²) in [5.41, 5.74) is 2.87. The zero-order valence-electron chi connectivity index (χ0n) is 16.7. The number of nitrogens with zero attached hydrogens (tertiary/aromatic N) is 5. The molecule has 9 heteroatoms. The van der Waals surface area contributed by atoms with Gasteiger partial charge < -0.3 is 9.47 Å². The van der Waals surface area contributed by atoms with Crippen molar-refractivity contribution in [3.05, 3.63) is 77.7 Å². The second-order valence-electron chi connectivity index (χ2n) is 6.67. The molecule has 0 N–H and O–H groups in total. The highest BCUT2D eigenvalue weighted by Gasteiger charge is 2.25. The van der Waals surface area contributed by atoms with Crippen LogP contribution in [0.3, 0.4) is 0 Å². The Morgan fingerprint density at radius 3 is 2.32 bits per heavy atom. The second kappa shape index (κ2) is 7.69. The molecule has 5 rings (SSSR count). The molecule has 0 atom stereocenters. The van der Waals surface area contributed by atoms with E-state index in [1.165, 1.54) is 11.3 Å². The number of ketones is 1. The molecule has 0 aliphatic rings. The highest BCUT2D eigenvalue weighted by atomic mass is 32.1. The van der Waals surface area contributed by atoms with Crippen LogP contribution in [0.1, 0.15) is 16.2 Å². The number of rotatable bonds is 6. The van der Waals surface area contributed by atoms with Gasteiger partial charge in [0.1, 0.15) is 22.9 Å². The van der Waals surface area contributed by atoms with Crippen molar-refractivity contribution >= 4 is 22.1 Å². The largest absolute Gasteiger partial charge is 0.497 e. The Hall–Kier alpha value is -3.98. The third kappa shape index (κ3) is 3.34. The van der Waals surface area contributed by atoms with E-state index in [1.54, 1.807) is 29.5 Å². The molecule has 0 bridgehead atoms. The number of fused-ring (bicyclic) bond motifs is 1. The molecule has 0 unspecified atom stereocenters. The number of imidazole rings is 1. The fourth-order valence-corrected chi connectivity index (χ4v) is 4.02. The second-order valence-corrected chi connectivity index (χ2v) is 7.54. The minimum absolute atomic E-state index is 0.235. The van der Waals surface area contributed by atoms with Gasteiger partial charge in [0.2, 0.25) is 5.78 Å². The quantitative estimate of drug-likeness (QED) is 0.379. The lowest BCUT2D eigenvalue weighted by molar-refractivity contribution is 0.102. The smallest absolute Gasteiger partial charge is 0.233 e. The van der Waals surface area contributed by atoms with Crippen LogP contribution in [-0.2, 0) is 0 Å². The van der Waals surface area contributed by atoms with E-state index in [2.05, 4.69) is 15.3 Å². The number of hydrogen-bond acceptors (Lipinski definition) is 7. The van der Waals surface area contributed by atoms with Crippen molar-refractivity contribution in [3.8, 4) is 28.4 Å². The third-order valence-electron chi connectivity index (χ3n) is 4.90. The Kier molecular flexibility index (Phi) is 4.72. The first-order valence-corrected chi connectivity index (χ1v) is 10.3. The summed E-state index contributed by atoms with van der Waals surface area (Å²) in [7, 11) is 3.22. The summed E-state index contributed by atoms with van der Waals surface area (Å²) in [5.74, 6) is 1.22. The van der Waals surface area contributed by atoms with E-state index in [0.29, 0.717) is 11.4 Å². The first kappa shape index (κ1) is 19.0. The van der Waals surface area contributed by atoms with Gasteiger partial charge in [-0.05, 0) is 48.5 Å². The zero-order valence-corrected chi connectivity index (χ0v) is 17.5. The van der Waals surface area contributed by atoms with E-state index in [9.17, 15) is 4.79 Å². The molecule has 31 heavy (non-hydrogen) atoms. The van der Waals surface area contributed by atoms with E-state index in [1.807, 2.05) is 60.1 Å². The van der Waals surface area contributed by atoms with E-state index < -0.39 is 0 Å². The third-order valence-corrected chi connectivity index (χ3v) is 5.66. The van der Waals surface area contributed by atoms with Gasteiger partial charge in [0, 0.05) is 17.1 Å². The van der Waals surface area contributed by atoms with Crippen LogP contribution in [0.15, 0.2) is 66.3 Å². The van der Waals surface area contributed by atoms with E-state index in [-0.39, 0.29) is 11.5 Å². The van der Waals surface area contributed by atoms with Crippen LogP contribution in [0.4, 0.5) is 0 Å². The number of benzene rings is 2. The molecule has 154 valence electrons. The van der Waals surface area contributed by atoms with Gasteiger partial charge in [0.05, 0.1) is 26.1 Å². The van der Waals surface area contributed by atoms with E-state index >= 15 is 0 Å². The van der Waals surface area contributed by atoms with Gasteiger partial charge in [0.25, 0.3) is 0 Å². The number of hydrogen-bond donors (Lipinski definition) is 0. The molecule has 0 aliphatic heterocycles. The van der Waals surface area contributed by atoms with Crippen molar-refractivity contribution in [3.63, 3.8) is 0 Å². The molecule has 0 saturated heterocycles. The molecule has 0 saturated carbocycles. The maximum absolute atomic E-state index is 13.5. The first-order valence-electron chi connectivity index (χ1n) is 9.39. The Morgan fingerprint density at radius 1 is 0.968 bits per heavy atom. The van der Waals surface area contributed by atoms with Gasteiger partial charge in [0.15, 0.2) is 10.7 Å². The molecule has 2 aromatic carbocycles. The fourth-order valence-electron chi connectivity index (χ4n) is 3.30. The number of ether oxygens (including phenoxy) is 2. The number of carbonyl (C=O) groups is 1. The summed E-state index contributed by atoms with van der Waals surface area (Å²) in [6.07, 6.45) is 3.45. The summed E-state index contributed by atoms with van der Waals surface area (Å²) in [6, 6.07) is 14.8. The maximum Gasteiger partial charge on any atom is 0.233 e. The molecule has 0 amide bonds. The van der Waals surface area contributed by atoms with Crippen LogP contribution in [0.5, 0.6) is 11.5 Å². The molecule has 5 aromatic rings. The van der Waals surface area contributed by atoms with Gasteiger partial charge in [-0.25, -0.2) is 9.67 Å². The molecule has 0 fully saturated rings. The van der Waals surface area contributed by atoms with Crippen molar-refractivity contribution in [1.29, 1.82) is 0 Å². The van der Waals surface area contributed by atoms with Crippen molar-refractivity contribution in [2.45, 2.75) is 0 Å². The Bertz CT molecular complexity index is 1370. The van der Waals surface area contributed by atoms with E-state index in [4.69, 9.17) is 9.47 Å². The summed E-state index contributed by atoms with van der Waals surface area (Å²) in [4.78, 5) is 18.9. The predicted octanol–water partition coefficient (Wildman–Crippen LogP) is 3.89. The molecular weight excluding hydrogens is 414 g/mol. The highest BCUT2D eigenvalue weighted by molar-refractivity contribution is 7.15. The minimum atomic E-state index is -0.253. The van der Waals surface area contributed by atoms with Crippen molar-refractivity contribution in [2.75, 3.05) is 14.2 Å². The van der Waals surface area contributed by atoms with Crippen molar-refractivity contribution in [2.24, 2.45) is 0 Å². The summed E-state index contributed by atoms with van der Waals surface area (Å²) in [6.45, 7) is 0. The zero-order chi connectivity index (χ0) is 21.4. The van der Waals surface area contributed by atoms with Gasteiger partial charge in [-0.3, -0.25) is 9.20 Å². The Balaban J connectivity index is 1.55. The van der Waals surface area contributed by atoms with Crippen LogP contribution in [0, 0.1) is 0 Å². The molecule has 0 aliphatic carbocycles. The average Bonchev–Trinajstić information content (AvgIpc) is 3.55. The van der Waals surface area contributed by atoms with Crippen molar-refractivity contribution in [1.82, 2.24) is 24.4 Å². The molecule has 0 radical (unpaired) electrons. The van der Waals surface area contributed by atoms with Crippen LogP contribution in [-0.4, -0.2) is 44.4 Å². The molecule has 0 spiro atoms. The number of thiazole rings is 1. The standard InChI is InChI=1S/C22H17N5O3S/c1-29-16-7-3-14(4-8-16)19-20(26-11-12-31-22(26)23-19)21(28)18-13-27(25-24-18)15-5-9-17(30-2)10-6-15/h3-13H,1-2H3. The Morgan fingerprint density at radius 2 is 1.65 bits per heavy atom. The van der Waals surface area contributed by atoms with Crippen LogP contribution < -0.4 is 9.47 Å². The lowest BCUT2D eigenvalue weighted by Crippen LogP contribution is -2.07. The first-order chi connectivity index (χ1) is 15.2. The topological polar surface area (TPSA) is 83.5 Å². The van der Waals surface area contributed by atoms with E-state index in [0.717, 1.165) is 27.7 Å². The minimum Gasteiger partial charge on any atom is -0.497 e. The molecule has 8 nitrogen and oxygen atoms in total. The molecular formula is C22H17N5O3S. The molecule has 3 aromatic heterocycles. The molecule has 3 heterocycles. The van der Waals surface area contributed by atoms with Gasteiger partial charge in [-0.1, -0.05) is 5.21 Å². The van der Waals surface area contributed by atoms with Crippen LogP contribution in [0.25, 0.3) is 21.9 Å². The Labute approximate surface area is 181 Å². The SMILES string of the molecule is COc1ccc(-c2nc3sccn3c2C(=O)c2cn(-c3ccc(OC)cc3)nn2)cc1. The fraction of sp³-hybridized carbons (Fsp3) is 0.0909. The average molecular weight is 431 g/mol. The predicted molar refractivity (Wildman–Crippen MR) is 116 cm³/mol. The van der Waals surface area contributed by atoms with Gasteiger partial charge in [-0.2, -0.15) is 0 Å². The van der Waals surface area contributed by atoms with Crippen LogP contribution >= 0.6 is 11.3 Å². The van der Waals surface area contributed by atoms with Gasteiger partial charge in [-0.15, -0.1) is 16.4 Å². The normalized spacial score (nSPS) is 11.0. The lowest BCUT2D eigenvalue weighted by atomic mass is 10.1. The van der Waals surface area contributed by atoms with Crippen molar-refractivity contribution < 1.29 is 14.3 Å². The number of methoxy groups -OCH3 is 2. The number of carbonyl (C=O) groups excluding carboxylic acids is 1. The monoisotopic (exact) mass is 431 g/mol. The summed E-state index contributed by atoms with van der Waals surface area (Å²) < 4.78 is 13.8.